The molecule has 0 saturated heterocycles. The van der Waals surface area contributed by atoms with Crippen LogP contribution in [-0.4, -0.2) is 26.7 Å². The molecule has 0 bridgehead atoms. The second-order valence-corrected chi connectivity index (χ2v) is 4.39. The monoisotopic (exact) mass is 261 g/mol. The molecular weight excluding hydrogens is 246 g/mol. The maximum absolute atomic E-state index is 11.0. The molecule has 2 rings (SSSR count). The van der Waals surface area contributed by atoms with Crippen LogP contribution in [0.4, 0.5) is 11.5 Å². The molecule has 2 aromatic heterocycles. The average molecular weight is 261 g/mol. The summed E-state index contributed by atoms with van der Waals surface area (Å²) in [6.45, 7) is 4.02. The Hall–Kier alpha value is -2.44. The summed E-state index contributed by atoms with van der Waals surface area (Å²) in [6, 6.07) is 4.82. The Kier molecular flexibility index (Phi) is 3.46. The van der Waals surface area contributed by atoms with Gasteiger partial charge in [0, 0.05) is 19.3 Å². The van der Waals surface area contributed by atoms with Gasteiger partial charge >= 0.3 is 5.69 Å². The van der Waals surface area contributed by atoms with Gasteiger partial charge in [-0.15, -0.1) is 0 Å². The molecule has 19 heavy (non-hydrogen) atoms. The van der Waals surface area contributed by atoms with Gasteiger partial charge in [0.1, 0.15) is 5.82 Å². The van der Waals surface area contributed by atoms with Crippen molar-refractivity contribution < 1.29 is 4.92 Å². The van der Waals surface area contributed by atoms with Crippen LogP contribution in [-0.2, 0) is 0 Å². The second kappa shape index (κ2) is 5.05. The Morgan fingerprint density at radius 3 is 2.63 bits per heavy atom. The van der Waals surface area contributed by atoms with E-state index in [1.165, 1.54) is 10.7 Å². The van der Waals surface area contributed by atoms with Crippen LogP contribution < -0.4 is 5.32 Å². The number of nitro groups is 1. The number of anilines is 1. The lowest BCUT2D eigenvalue weighted by Gasteiger charge is -2.05. The zero-order valence-electron chi connectivity index (χ0n) is 11.0. The van der Waals surface area contributed by atoms with E-state index >= 15 is 0 Å². The SMILES string of the molecule is CNc1ccc([N+](=O)[O-])c(-n2ccc(C(C)C)n2)n1. The van der Waals surface area contributed by atoms with Gasteiger partial charge in [0.05, 0.1) is 10.6 Å². The highest BCUT2D eigenvalue weighted by atomic mass is 16.6. The van der Waals surface area contributed by atoms with E-state index in [1.807, 2.05) is 19.9 Å². The molecular formula is C12H15N5O2. The molecule has 0 aliphatic rings. The van der Waals surface area contributed by atoms with Crippen LogP contribution in [0.2, 0.25) is 0 Å². The Morgan fingerprint density at radius 2 is 2.11 bits per heavy atom. The van der Waals surface area contributed by atoms with Crippen LogP contribution in [0.15, 0.2) is 24.4 Å². The molecule has 0 saturated carbocycles. The lowest BCUT2D eigenvalue weighted by molar-refractivity contribution is -0.384. The standard InChI is InChI=1S/C12H15N5O2/c1-8(2)9-6-7-16(15-9)12-10(17(18)19)4-5-11(13-3)14-12/h4-8H,1-3H3,(H,13,14). The van der Waals surface area contributed by atoms with Gasteiger partial charge in [-0.1, -0.05) is 13.8 Å². The van der Waals surface area contributed by atoms with E-state index in [-0.39, 0.29) is 17.4 Å². The van der Waals surface area contributed by atoms with Crippen LogP contribution >= 0.6 is 0 Å². The van der Waals surface area contributed by atoms with Crippen LogP contribution in [0.25, 0.3) is 5.82 Å². The fourth-order valence-electron chi connectivity index (χ4n) is 1.66. The predicted molar refractivity (Wildman–Crippen MR) is 71.6 cm³/mol. The van der Waals surface area contributed by atoms with Gasteiger partial charge in [-0.2, -0.15) is 5.10 Å². The number of nitrogens with one attached hydrogen (secondary N) is 1. The summed E-state index contributed by atoms with van der Waals surface area (Å²) in [5.41, 5.74) is 0.795. The molecule has 2 heterocycles. The predicted octanol–water partition coefficient (Wildman–Crippen LogP) is 2.34. The third kappa shape index (κ3) is 2.54. The van der Waals surface area contributed by atoms with Crippen molar-refractivity contribution in [3.63, 3.8) is 0 Å². The summed E-state index contributed by atoms with van der Waals surface area (Å²) >= 11 is 0. The van der Waals surface area contributed by atoms with Crippen molar-refractivity contribution in [2.45, 2.75) is 19.8 Å². The lowest BCUT2D eigenvalue weighted by atomic mass is 10.1. The van der Waals surface area contributed by atoms with Crippen molar-refractivity contribution in [1.82, 2.24) is 14.8 Å². The molecule has 0 atom stereocenters. The van der Waals surface area contributed by atoms with Gasteiger partial charge in [-0.25, -0.2) is 9.67 Å². The smallest absolute Gasteiger partial charge is 0.313 e. The van der Waals surface area contributed by atoms with Crippen LogP contribution in [0.3, 0.4) is 0 Å². The molecule has 7 heteroatoms. The molecule has 0 amide bonds. The first-order chi connectivity index (χ1) is 9.02. The largest absolute Gasteiger partial charge is 0.373 e. The minimum absolute atomic E-state index is 0.0718. The molecule has 7 nitrogen and oxygen atoms in total. The number of hydrogen-bond donors (Lipinski definition) is 1. The third-order valence-electron chi connectivity index (χ3n) is 2.73. The lowest BCUT2D eigenvalue weighted by Crippen LogP contribution is -2.06. The first-order valence-electron chi connectivity index (χ1n) is 5.92. The minimum atomic E-state index is -0.460. The van der Waals surface area contributed by atoms with E-state index in [0.717, 1.165) is 5.69 Å². The van der Waals surface area contributed by atoms with Crippen molar-refractivity contribution in [3.8, 4) is 5.82 Å². The van der Waals surface area contributed by atoms with E-state index in [9.17, 15) is 10.1 Å². The molecule has 100 valence electrons. The number of hydrogen-bond acceptors (Lipinski definition) is 5. The summed E-state index contributed by atoms with van der Waals surface area (Å²) in [6.07, 6.45) is 1.68. The zero-order valence-corrected chi connectivity index (χ0v) is 11.0. The van der Waals surface area contributed by atoms with Gasteiger partial charge in [0.25, 0.3) is 0 Å². The van der Waals surface area contributed by atoms with Crippen molar-refractivity contribution in [3.05, 3.63) is 40.2 Å². The zero-order chi connectivity index (χ0) is 14.0. The molecule has 0 aliphatic heterocycles. The second-order valence-electron chi connectivity index (χ2n) is 4.39. The molecule has 0 spiro atoms. The van der Waals surface area contributed by atoms with E-state index in [2.05, 4.69) is 15.4 Å². The van der Waals surface area contributed by atoms with Crippen LogP contribution in [0, 0.1) is 10.1 Å². The maximum Gasteiger partial charge on any atom is 0.313 e. The highest BCUT2D eigenvalue weighted by molar-refractivity contribution is 5.52. The topological polar surface area (TPSA) is 85.9 Å². The molecule has 0 aromatic carbocycles. The number of rotatable bonds is 4. The summed E-state index contributed by atoms with van der Waals surface area (Å²) in [4.78, 5) is 14.8. The van der Waals surface area contributed by atoms with Crippen molar-refractivity contribution in [2.24, 2.45) is 0 Å². The Labute approximate surface area is 110 Å². The summed E-state index contributed by atoms with van der Waals surface area (Å²) in [7, 11) is 1.71. The Morgan fingerprint density at radius 1 is 1.37 bits per heavy atom. The van der Waals surface area contributed by atoms with Gasteiger partial charge in [0.15, 0.2) is 0 Å². The van der Waals surface area contributed by atoms with Crippen molar-refractivity contribution in [1.29, 1.82) is 0 Å². The van der Waals surface area contributed by atoms with Crippen molar-refractivity contribution in [2.75, 3.05) is 12.4 Å². The first-order valence-corrected chi connectivity index (χ1v) is 5.92. The summed E-state index contributed by atoms with van der Waals surface area (Å²) in [5, 5.41) is 18.2. The van der Waals surface area contributed by atoms with E-state index in [0.29, 0.717) is 5.82 Å². The van der Waals surface area contributed by atoms with E-state index < -0.39 is 4.92 Å². The fraction of sp³-hybridized carbons (Fsp3) is 0.333. The maximum atomic E-state index is 11.0. The van der Waals surface area contributed by atoms with Crippen LogP contribution in [0.5, 0.6) is 0 Å². The molecule has 0 unspecified atom stereocenters. The molecule has 0 aliphatic carbocycles. The van der Waals surface area contributed by atoms with Gasteiger partial charge < -0.3 is 5.32 Å². The van der Waals surface area contributed by atoms with Gasteiger partial charge in [-0.3, -0.25) is 10.1 Å². The van der Waals surface area contributed by atoms with Crippen molar-refractivity contribution >= 4 is 11.5 Å². The minimum Gasteiger partial charge on any atom is -0.373 e. The first kappa shape index (κ1) is 13.0. The Balaban J connectivity index is 2.54. The molecule has 2 aromatic rings. The molecule has 0 fully saturated rings. The highest BCUT2D eigenvalue weighted by Crippen LogP contribution is 2.23. The Bertz CT molecular complexity index is 606. The van der Waals surface area contributed by atoms with E-state index in [4.69, 9.17) is 0 Å². The van der Waals surface area contributed by atoms with Crippen LogP contribution in [0.1, 0.15) is 25.5 Å². The normalized spacial score (nSPS) is 10.7. The third-order valence-corrected chi connectivity index (χ3v) is 2.73. The number of nitrogens with zero attached hydrogens (tertiary/aromatic N) is 4. The fourth-order valence-corrected chi connectivity index (χ4v) is 1.66. The summed E-state index contributed by atoms with van der Waals surface area (Å²) < 4.78 is 1.44. The molecule has 0 radical (unpaired) electrons. The number of pyridine rings is 1. The summed E-state index contributed by atoms with van der Waals surface area (Å²) in [5.74, 6) is 1.03. The van der Waals surface area contributed by atoms with Gasteiger partial charge in [0.2, 0.25) is 5.82 Å². The highest BCUT2D eigenvalue weighted by Gasteiger charge is 2.19. The van der Waals surface area contributed by atoms with Gasteiger partial charge in [-0.05, 0) is 18.1 Å². The van der Waals surface area contributed by atoms with E-state index in [1.54, 1.807) is 19.3 Å². The average Bonchev–Trinajstić information content (AvgIpc) is 2.87. The number of aromatic nitrogens is 3. The molecule has 1 N–H and O–H groups in total. The quantitative estimate of drug-likeness (QED) is 0.674.